The number of hydrazine groups is 1. The summed E-state index contributed by atoms with van der Waals surface area (Å²) in [5, 5.41) is 8.44. The van der Waals surface area contributed by atoms with Crippen molar-refractivity contribution < 1.29 is 14.0 Å². The van der Waals surface area contributed by atoms with E-state index in [0.29, 0.717) is 10.6 Å². The maximum atomic E-state index is 13.9. The lowest BCUT2D eigenvalue weighted by atomic mass is 10.2. The molecule has 28 heavy (non-hydrogen) atoms. The van der Waals surface area contributed by atoms with Crippen molar-refractivity contribution in [1.82, 2.24) is 25.7 Å². The van der Waals surface area contributed by atoms with Crippen molar-refractivity contribution in [1.29, 1.82) is 0 Å². The van der Waals surface area contributed by atoms with Crippen LogP contribution in [0.5, 0.6) is 0 Å². The second-order valence-electron chi connectivity index (χ2n) is 5.45. The van der Waals surface area contributed by atoms with Gasteiger partial charge in [0, 0.05) is 10.6 Å². The first kappa shape index (κ1) is 19.6. The van der Waals surface area contributed by atoms with E-state index < -0.39 is 17.6 Å². The van der Waals surface area contributed by atoms with Crippen LogP contribution < -0.4 is 16.7 Å². The van der Waals surface area contributed by atoms with Crippen LogP contribution in [-0.4, -0.2) is 32.4 Å². The van der Waals surface area contributed by atoms with Gasteiger partial charge in [0.25, 0.3) is 5.91 Å². The third-order valence-electron chi connectivity index (χ3n) is 3.53. The fourth-order valence-corrected chi connectivity index (χ4v) is 2.95. The maximum Gasteiger partial charge on any atom is 0.269 e. The third kappa shape index (κ3) is 4.59. The monoisotopic (exact) mass is 420 g/mol. The van der Waals surface area contributed by atoms with Gasteiger partial charge in [-0.25, -0.2) is 9.07 Å². The summed E-state index contributed by atoms with van der Waals surface area (Å²) in [5.41, 5.74) is 5.11. The lowest BCUT2D eigenvalue weighted by molar-refractivity contribution is -0.119. The van der Waals surface area contributed by atoms with Crippen LogP contribution >= 0.6 is 23.4 Å². The first-order valence-corrected chi connectivity index (χ1v) is 9.25. The van der Waals surface area contributed by atoms with Crippen molar-refractivity contribution in [3.05, 3.63) is 64.9 Å². The van der Waals surface area contributed by atoms with Crippen LogP contribution in [0.1, 0.15) is 10.4 Å². The van der Waals surface area contributed by atoms with E-state index in [1.165, 1.54) is 24.3 Å². The van der Waals surface area contributed by atoms with Crippen LogP contribution in [0.2, 0.25) is 5.02 Å². The number of halogens is 2. The van der Waals surface area contributed by atoms with Crippen LogP contribution in [0.3, 0.4) is 0 Å². The van der Waals surface area contributed by atoms with Gasteiger partial charge in [-0.1, -0.05) is 35.5 Å². The summed E-state index contributed by atoms with van der Waals surface area (Å²) in [6.45, 7) is 0. The molecule has 0 radical (unpaired) electrons. The second-order valence-corrected chi connectivity index (χ2v) is 6.83. The molecule has 3 aromatic rings. The predicted molar refractivity (Wildman–Crippen MR) is 103 cm³/mol. The van der Waals surface area contributed by atoms with Crippen LogP contribution in [-0.2, 0) is 4.79 Å². The quantitative estimate of drug-likeness (QED) is 0.330. The van der Waals surface area contributed by atoms with Crippen LogP contribution in [0.15, 0.2) is 53.7 Å². The molecule has 4 N–H and O–H groups in total. The molecule has 3 rings (SSSR count). The summed E-state index contributed by atoms with van der Waals surface area (Å²) < 4.78 is 15.0. The zero-order valence-corrected chi connectivity index (χ0v) is 15.8. The average molecular weight is 421 g/mol. The number of nitrogens with two attached hydrogens (primary N) is 1. The van der Waals surface area contributed by atoms with E-state index in [1.807, 2.05) is 0 Å². The molecule has 0 saturated heterocycles. The number of amides is 2. The summed E-state index contributed by atoms with van der Waals surface area (Å²) in [7, 11) is 0. The van der Waals surface area contributed by atoms with Gasteiger partial charge in [-0.3, -0.25) is 20.4 Å². The number of rotatable bonds is 5. The highest BCUT2D eigenvalue weighted by Gasteiger charge is 2.16. The molecular formula is C17H14ClFN6O2S. The van der Waals surface area contributed by atoms with Gasteiger partial charge in [0.1, 0.15) is 5.82 Å². The first-order chi connectivity index (χ1) is 13.5. The fourth-order valence-electron chi connectivity index (χ4n) is 2.17. The van der Waals surface area contributed by atoms with Gasteiger partial charge in [-0.15, -0.1) is 10.2 Å². The molecule has 0 fully saturated rings. The summed E-state index contributed by atoms with van der Waals surface area (Å²) in [6.07, 6.45) is 0. The molecule has 0 aliphatic carbocycles. The van der Waals surface area contributed by atoms with E-state index in [4.69, 9.17) is 17.4 Å². The Balaban J connectivity index is 1.54. The summed E-state index contributed by atoms with van der Waals surface area (Å²) in [5.74, 6) is 4.48. The van der Waals surface area contributed by atoms with Crippen molar-refractivity contribution in [3.8, 4) is 11.4 Å². The zero-order chi connectivity index (χ0) is 20.1. The number of carbonyl (C=O) groups is 2. The molecule has 2 aromatic carbocycles. The van der Waals surface area contributed by atoms with Gasteiger partial charge in [0.15, 0.2) is 5.82 Å². The van der Waals surface area contributed by atoms with Crippen molar-refractivity contribution in [2.75, 3.05) is 11.6 Å². The summed E-state index contributed by atoms with van der Waals surface area (Å²) >= 11 is 6.74. The first-order valence-electron chi connectivity index (χ1n) is 7.88. The van der Waals surface area contributed by atoms with Gasteiger partial charge in [-0.2, -0.15) is 0 Å². The minimum absolute atomic E-state index is 0.0898. The number of thioether (sulfide) groups is 1. The Morgan fingerprint density at radius 1 is 1.11 bits per heavy atom. The Hall–Kier alpha value is -3.11. The molecule has 0 atom stereocenters. The standard InChI is InChI=1S/C17H14ClFN6O2S/c18-11-7-5-10(6-8-11)16(27)23-21-14(26)9-28-17-24-22-15(25(17)20)12-3-1-2-4-13(12)19/h1-8H,9,20H2,(H,21,26)(H,23,27). The normalized spacial score (nSPS) is 10.5. The van der Waals surface area contributed by atoms with E-state index in [-0.39, 0.29) is 22.3 Å². The molecule has 144 valence electrons. The van der Waals surface area contributed by atoms with Gasteiger partial charge in [0.05, 0.1) is 11.3 Å². The molecule has 11 heteroatoms. The van der Waals surface area contributed by atoms with Gasteiger partial charge in [0.2, 0.25) is 11.1 Å². The third-order valence-corrected chi connectivity index (χ3v) is 4.73. The van der Waals surface area contributed by atoms with Crippen LogP contribution in [0.4, 0.5) is 4.39 Å². The lowest BCUT2D eigenvalue weighted by Crippen LogP contribution is -2.42. The molecule has 1 aromatic heterocycles. The molecule has 0 spiro atoms. The Morgan fingerprint density at radius 2 is 1.82 bits per heavy atom. The van der Waals surface area contributed by atoms with Crippen molar-refractivity contribution in [2.45, 2.75) is 5.16 Å². The number of aromatic nitrogens is 3. The number of benzene rings is 2. The van der Waals surface area contributed by atoms with E-state index in [0.717, 1.165) is 16.4 Å². The van der Waals surface area contributed by atoms with E-state index >= 15 is 0 Å². The predicted octanol–water partition coefficient (Wildman–Crippen LogP) is 2.00. The number of nitrogen functional groups attached to an aromatic ring is 1. The lowest BCUT2D eigenvalue weighted by Gasteiger charge is -2.07. The SMILES string of the molecule is Nn1c(SCC(=O)NNC(=O)c2ccc(Cl)cc2)nnc1-c1ccccc1F. The minimum atomic E-state index is -0.487. The Morgan fingerprint density at radius 3 is 2.54 bits per heavy atom. The Kier molecular flexibility index (Phi) is 6.12. The number of hydrogen-bond acceptors (Lipinski definition) is 6. The van der Waals surface area contributed by atoms with Gasteiger partial charge >= 0.3 is 0 Å². The molecule has 0 saturated carbocycles. The number of nitrogens with zero attached hydrogens (tertiary/aromatic N) is 3. The molecule has 0 unspecified atom stereocenters. The van der Waals surface area contributed by atoms with Crippen LogP contribution in [0, 0.1) is 5.82 Å². The van der Waals surface area contributed by atoms with E-state index in [1.54, 1.807) is 24.3 Å². The smallest absolute Gasteiger partial charge is 0.269 e. The summed E-state index contributed by atoms with van der Waals surface area (Å²) in [4.78, 5) is 23.8. The molecule has 1 heterocycles. The highest BCUT2D eigenvalue weighted by Crippen LogP contribution is 2.23. The zero-order valence-electron chi connectivity index (χ0n) is 14.2. The van der Waals surface area contributed by atoms with Gasteiger partial charge < -0.3 is 5.84 Å². The fraction of sp³-hybridized carbons (Fsp3) is 0.0588. The maximum absolute atomic E-state index is 13.9. The molecule has 2 amide bonds. The highest BCUT2D eigenvalue weighted by atomic mass is 35.5. The Labute approximate surface area is 168 Å². The summed E-state index contributed by atoms with van der Waals surface area (Å²) in [6, 6.07) is 12.2. The number of hydrogen-bond donors (Lipinski definition) is 3. The molecule has 0 aliphatic rings. The van der Waals surface area contributed by atoms with E-state index in [2.05, 4.69) is 21.0 Å². The molecule has 0 bridgehead atoms. The molecular weight excluding hydrogens is 407 g/mol. The van der Waals surface area contributed by atoms with Crippen LogP contribution in [0.25, 0.3) is 11.4 Å². The molecule has 0 aliphatic heterocycles. The largest absolute Gasteiger partial charge is 0.335 e. The number of nitrogens with one attached hydrogen (secondary N) is 2. The topological polar surface area (TPSA) is 115 Å². The average Bonchev–Trinajstić information content (AvgIpc) is 3.05. The van der Waals surface area contributed by atoms with Crippen molar-refractivity contribution >= 4 is 35.2 Å². The highest BCUT2D eigenvalue weighted by molar-refractivity contribution is 7.99. The minimum Gasteiger partial charge on any atom is -0.335 e. The van der Waals surface area contributed by atoms with E-state index in [9.17, 15) is 14.0 Å². The number of carbonyl (C=O) groups excluding carboxylic acids is 2. The molecule has 8 nitrogen and oxygen atoms in total. The second kappa shape index (κ2) is 8.72. The van der Waals surface area contributed by atoms with Gasteiger partial charge in [-0.05, 0) is 36.4 Å². The Bertz CT molecular complexity index is 1010. The van der Waals surface area contributed by atoms with Crippen molar-refractivity contribution in [3.63, 3.8) is 0 Å². The van der Waals surface area contributed by atoms with Crippen molar-refractivity contribution in [2.24, 2.45) is 0 Å².